The fourth-order valence-electron chi connectivity index (χ4n) is 4.32. The van der Waals surface area contributed by atoms with Gasteiger partial charge in [0, 0.05) is 35.5 Å². The first kappa shape index (κ1) is 21.9. The third-order valence-corrected chi connectivity index (χ3v) is 6.48. The van der Waals surface area contributed by atoms with Gasteiger partial charge in [0.15, 0.2) is 0 Å². The van der Waals surface area contributed by atoms with E-state index in [-0.39, 0.29) is 5.54 Å². The Morgan fingerprint density at radius 1 is 1.17 bits per heavy atom. The van der Waals surface area contributed by atoms with Gasteiger partial charge >= 0.3 is 0 Å². The number of hydrogen-bond acceptors (Lipinski definition) is 4. The van der Waals surface area contributed by atoms with E-state index in [1.807, 2.05) is 12.1 Å². The van der Waals surface area contributed by atoms with Crippen LogP contribution in [0.4, 0.5) is 0 Å². The SMILES string of the molecule is C=N/C(NC1(C)CC1)=C(\C)C(C(=C)N1CCC(c2ccc(C#N)cc2)CC1)=C(C)C. The van der Waals surface area contributed by atoms with Crippen LogP contribution in [0.5, 0.6) is 0 Å². The molecule has 1 aliphatic heterocycles. The summed E-state index contributed by atoms with van der Waals surface area (Å²) in [7, 11) is 0. The monoisotopic (exact) mass is 402 g/mol. The van der Waals surface area contributed by atoms with Crippen molar-refractivity contribution in [2.75, 3.05) is 13.1 Å². The molecule has 0 atom stereocenters. The first-order chi connectivity index (χ1) is 14.3. The molecular weight excluding hydrogens is 368 g/mol. The molecule has 3 rings (SSSR count). The van der Waals surface area contributed by atoms with E-state index in [1.54, 1.807) is 0 Å². The minimum Gasteiger partial charge on any atom is -0.371 e. The van der Waals surface area contributed by atoms with Gasteiger partial charge in [-0.2, -0.15) is 5.26 Å². The molecular formula is C26H34N4. The van der Waals surface area contributed by atoms with E-state index < -0.39 is 0 Å². The topological polar surface area (TPSA) is 51.4 Å². The normalized spacial score (nSPS) is 18.7. The molecule has 1 N–H and O–H groups in total. The van der Waals surface area contributed by atoms with Crippen molar-refractivity contribution in [1.29, 1.82) is 5.26 Å². The fraction of sp³-hybridized carbons (Fsp3) is 0.462. The van der Waals surface area contributed by atoms with E-state index in [2.05, 4.69) is 74.4 Å². The van der Waals surface area contributed by atoms with Crippen molar-refractivity contribution in [3.05, 3.63) is 70.2 Å². The van der Waals surface area contributed by atoms with Crippen LogP contribution in [0.2, 0.25) is 0 Å². The van der Waals surface area contributed by atoms with Crippen molar-refractivity contribution in [3.63, 3.8) is 0 Å². The van der Waals surface area contributed by atoms with Gasteiger partial charge in [-0.3, -0.25) is 0 Å². The number of aliphatic imine (C=N–C) groups is 1. The van der Waals surface area contributed by atoms with Crippen LogP contribution in [0.25, 0.3) is 0 Å². The number of nitrogens with zero attached hydrogens (tertiary/aromatic N) is 3. The Labute approximate surface area is 181 Å². The van der Waals surface area contributed by atoms with Gasteiger partial charge in [-0.05, 0) is 83.7 Å². The molecule has 1 aromatic carbocycles. The first-order valence-electron chi connectivity index (χ1n) is 10.9. The molecule has 1 aromatic rings. The average molecular weight is 403 g/mol. The van der Waals surface area contributed by atoms with Gasteiger partial charge in [-0.15, -0.1) is 0 Å². The largest absolute Gasteiger partial charge is 0.371 e. The summed E-state index contributed by atoms with van der Waals surface area (Å²) in [6, 6.07) is 10.3. The lowest BCUT2D eigenvalue weighted by Gasteiger charge is -2.36. The van der Waals surface area contributed by atoms with E-state index in [0.29, 0.717) is 5.92 Å². The van der Waals surface area contributed by atoms with E-state index in [0.717, 1.165) is 48.6 Å². The van der Waals surface area contributed by atoms with Crippen LogP contribution in [0.15, 0.2) is 64.1 Å². The molecule has 2 fully saturated rings. The summed E-state index contributed by atoms with van der Waals surface area (Å²) in [6.45, 7) is 18.9. The molecule has 1 saturated heterocycles. The van der Waals surface area contributed by atoms with Crippen molar-refractivity contribution >= 4 is 6.72 Å². The van der Waals surface area contributed by atoms with E-state index in [1.165, 1.54) is 29.6 Å². The molecule has 0 spiro atoms. The van der Waals surface area contributed by atoms with Gasteiger partial charge in [-0.25, -0.2) is 4.99 Å². The smallest absolute Gasteiger partial charge is 0.129 e. The number of piperidine rings is 1. The van der Waals surface area contributed by atoms with Crippen LogP contribution < -0.4 is 5.32 Å². The Hall–Kier alpha value is -2.80. The van der Waals surface area contributed by atoms with Crippen LogP contribution in [0.1, 0.15) is 70.4 Å². The highest BCUT2D eigenvalue weighted by Crippen LogP contribution is 2.38. The van der Waals surface area contributed by atoms with Gasteiger partial charge in [-0.1, -0.05) is 24.3 Å². The number of allylic oxidation sites excluding steroid dienone is 2. The van der Waals surface area contributed by atoms with Crippen LogP contribution in [-0.4, -0.2) is 30.2 Å². The molecule has 1 aliphatic carbocycles. The average Bonchev–Trinajstić information content (AvgIpc) is 3.49. The Kier molecular flexibility index (Phi) is 6.51. The predicted octanol–water partition coefficient (Wildman–Crippen LogP) is 5.66. The molecule has 0 bridgehead atoms. The molecule has 30 heavy (non-hydrogen) atoms. The number of likely N-dealkylation sites (tertiary alicyclic amines) is 1. The summed E-state index contributed by atoms with van der Waals surface area (Å²) >= 11 is 0. The summed E-state index contributed by atoms with van der Waals surface area (Å²) < 4.78 is 0. The lowest BCUT2D eigenvalue weighted by molar-refractivity contribution is 0.268. The molecule has 4 nitrogen and oxygen atoms in total. The standard InChI is InChI=1S/C26H34N4/c1-18(2)24(19(3)25(28-6)29-26(5)13-14-26)20(4)30-15-11-23(12-16-30)22-9-7-21(17-27)8-10-22/h7-10,23,29H,4,6,11-16H2,1-3,5H3/b25-19-. The maximum absolute atomic E-state index is 9.01. The minimum absolute atomic E-state index is 0.158. The zero-order chi connectivity index (χ0) is 21.9. The van der Waals surface area contributed by atoms with Crippen LogP contribution >= 0.6 is 0 Å². The molecule has 2 aliphatic rings. The van der Waals surface area contributed by atoms with Gasteiger partial charge in [0.1, 0.15) is 5.82 Å². The summed E-state index contributed by atoms with van der Waals surface area (Å²) in [5, 5.41) is 12.6. The molecule has 1 heterocycles. The highest BCUT2D eigenvalue weighted by atomic mass is 15.1. The Balaban J connectivity index is 1.72. The Morgan fingerprint density at radius 3 is 2.23 bits per heavy atom. The molecule has 0 unspecified atom stereocenters. The van der Waals surface area contributed by atoms with E-state index in [9.17, 15) is 0 Å². The maximum Gasteiger partial charge on any atom is 0.129 e. The van der Waals surface area contributed by atoms with Gasteiger partial charge in [0.25, 0.3) is 0 Å². The first-order valence-corrected chi connectivity index (χ1v) is 10.9. The summed E-state index contributed by atoms with van der Waals surface area (Å²) in [5.74, 6) is 1.41. The second kappa shape index (κ2) is 8.92. The van der Waals surface area contributed by atoms with Gasteiger partial charge in [0.2, 0.25) is 0 Å². The van der Waals surface area contributed by atoms with E-state index in [4.69, 9.17) is 5.26 Å². The Morgan fingerprint density at radius 2 is 1.77 bits per heavy atom. The highest BCUT2D eigenvalue weighted by molar-refractivity contribution is 5.50. The number of benzene rings is 1. The maximum atomic E-state index is 9.01. The lowest BCUT2D eigenvalue weighted by atomic mass is 9.88. The number of rotatable bonds is 7. The molecule has 4 heteroatoms. The van der Waals surface area contributed by atoms with Gasteiger partial charge < -0.3 is 10.2 Å². The third-order valence-electron chi connectivity index (χ3n) is 6.48. The van der Waals surface area contributed by atoms with E-state index >= 15 is 0 Å². The molecule has 158 valence electrons. The second-order valence-electron chi connectivity index (χ2n) is 9.13. The molecule has 0 aromatic heterocycles. The second-order valence-corrected chi connectivity index (χ2v) is 9.13. The number of nitriles is 1. The molecule has 0 radical (unpaired) electrons. The van der Waals surface area contributed by atoms with Crippen LogP contribution in [0.3, 0.4) is 0 Å². The van der Waals surface area contributed by atoms with Crippen molar-refractivity contribution in [1.82, 2.24) is 10.2 Å². The predicted molar refractivity (Wildman–Crippen MR) is 125 cm³/mol. The summed E-state index contributed by atoms with van der Waals surface area (Å²) in [6.07, 6.45) is 4.53. The highest BCUT2D eigenvalue weighted by Gasteiger charge is 2.38. The summed E-state index contributed by atoms with van der Waals surface area (Å²) in [4.78, 5) is 6.72. The third kappa shape index (κ3) is 4.84. The summed E-state index contributed by atoms with van der Waals surface area (Å²) in [5.41, 5.74) is 6.84. The van der Waals surface area contributed by atoms with Crippen molar-refractivity contribution < 1.29 is 0 Å². The number of nitrogens with one attached hydrogen (secondary N) is 1. The van der Waals surface area contributed by atoms with Crippen molar-refractivity contribution in [3.8, 4) is 6.07 Å². The van der Waals surface area contributed by atoms with Crippen molar-refractivity contribution in [2.24, 2.45) is 4.99 Å². The molecule has 0 amide bonds. The number of hydrogen-bond donors (Lipinski definition) is 1. The zero-order valence-corrected chi connectivity index (χ0v) is 18.9. The molecule has 1 saturated carbocycles. The van der Waals surface area contributed by atoms with Crippen LogP contribution in [-0.2, 0) is 0 Å². The zero-order valence-electron chi connectivity index (χ0n) is 18.9. The minimum atomic E-state index is 0.158. The van der Waals surface area contributed by atoms with Crippen molar-refractivity contribution in [2.45, 2.75) is 64.8 Å². The lowest BCUT2D eigenvalue weighted by Crippen LogP contribution is -2.33. The van der Waals surface area contributed by atoms with Crippen LogP contribution in [0, 0.1) is 11.3 Å². The quantitative estimate of drug-likeness (QED) is 0.473. The Bertz CT molecular complexity index is 911. The van der Waals surface area contributed by atoms with Gasteiger partial charge in [0.05, 0.1) is 11.6 Å². The fourth-order valence-corrected chi connectivity index (χ4v) is 4.32.